The zero-order valence-electron chi connectivity index (χ0n) is 23.0. The van der Waals surface area contributed by atoms with Crippen molar-refractivity contribution in [1.82, 2.24) is 9.80 Å². The highest BCUT2D eigenvalue weighted by Crippen LogP contribution is 2.58. The number of aliphatic carboxylic acids is 2. The highest BCUT2D eigenvalue weighted by molar-refractivity contribution is 6.08. The van der Waals surface area contributed by atoms with E-state index < -0.39 is 47.4 Å². The Labute approximate surface area is 236 Å². The van der Waals surface area contributed by atoms with Crippen molar-refractivity contribution in [2.24, 2.45) is 29.6 Å². The highest BCUT2D eigenvalue weighted by atomic mass is 16.4. The zero-order chi connectivity index (χ0) is 29.7. The molecule has 4 aliphatic rings. The molecule has 3 N–H and O–H groups in total. The SMILES string of the molecule is Cc1cc([C@H]2C3=CC[C@@H]4C(=O)N(CCCC(=O)O)C(=O)[C@@H]4[C@@H]3C[C@H]3C(=O)N(CCCC(=O)O)C(=O)[C@@H]23)cc(C)c1O. The van der Waals surface area contributed by atoms with Crippen molar-refractivity contribution in [1.29, 1.82) is 0 Å². The van der Waals surface area contributed by atoms with Crippen LogP contribution in [0.15, 0.2) is 23.8 Å². The number of phenols is 1. The molecule has 0 bridgehead atoms. The van der Waals surface area contributed by atoms with Gasteiger partial charge in [-0.1, -0.05) is 23.8 Å². The third-order valence-electron chi connectivity index (χ3n) is 9.25. The van der Waals surface area contributed by atoms with Crippen molar-refractivity contribution in [3.8, 4) is 5.75 Å². The summed E-state index contributed by atoms with van der Waals surface area (Å²) in [5.74, 6) is -7.18. The number of benzene rings is 1. The average Bonchev–Trinajstić information content (AvgIpc) is 3.30. The van der Waals surface area contributed by atoms with Crippen molar-refractivity contribution in [2.45, 2.75) is 58.3 Å². The number of hydrogen-bond acceptors (Lipinski definition) is 7. The first-order chi connectivity index (χ1) is 19.4. The minimum atomic E-state index is -1.02. The Bertz CT molecular complexity index is 1360. The molecule has 2 aliphatic carbocycles. The van der Waals surface area contributed by atoms with Crippen LogP contribution in [0.25, 0.3) is 0 Å². The number of likely N-dealkylation sites (tertiary alicyclic amines) is 2. The maximum Gasteiger partial charge on any atom is 0.303 e. The maximum atomic E-state index is 13.8. The third-order valence-corrected chi connectivity index (χ3v) is 9.25. The molecule has 6 atom stereocenters. The summed E-state index contributed by atoms with van der Waals surface area (Å²) in [5.41, 5.74) is 2.80. The Balaban J connectivity index is 1.53. The van der Waals surface area contributed by atoms with Gasteiger partial charge >= 0.3 is 11.9 Å². The molecule has 5 rings (SSSR count). The number of carboxylic acid groups (broad SMARTS) is 2. The minimum Gasteiger partial charge on any atom is -0.507 e. The Morgan fingerprint density at radius 2 is 1.29 bits per heavy atom. The Hall–Kier alpha value is -4.02. The smallest absolute Gasteiger partial charge is 0.303 e. The van der Waals surface area contributed by atoms with Gasteiger partial charge in [-0.25, -0.2) is 0 Å². The maximum absolute atomic E-state index is 13.8. The number of aryl methyl sites for hydroxylation is 2. The van der Waals surface area contributed by atoms with Crippen molar-refractivity contribution in [3.63, 3.8) is 0 Å². The normalized spacial score (nSPS) is 28.9. The minimum absolute atomic E-state index is 0.0120. The molecule has 4 amide bonds. The zero-order valence-corrected chi connectivity index (χ0v) is 23.0. The van der Waals surface area contributed by atoms with Crippen LogP contribution in [0.4, 0.5) is 0 Å². The van der Waals surface area contributed by atoms with E-state index in [1.807, 2.05) is 6.08 Å². The van der Waals surface area contributed by atoms with Crippen molar-refractivity contribution >= 4 is 35.6 Å². The van der Waals surface area contributed by atoms with Gasteiger partial charge in [0.05, 0.1) is 23.7 Å². The van der Waals surface area contributed by atoms with Crippen LogP contribution in [0.5, 0.6) is 5.75 Å². The number of rotatable bonds is 9. The van der Waals surface area contributed by atoms with Crippen LogP contribution in [0.1, 0.15) is 61.1 Å². The standard InChI is InChI=1S/C30H34N2O9/c1-14-11-16(12-15(2)26(14)37)23-17-7-8-18-24(29(40)31(27(18)38)9-3-5-21(33)34)19(17)13-20-25(23)30(41)32(28(20)39)10-4-6-22(35)36/h7,11-12,18-20,23-25,37H,3-6,8-10,13H2,1-2H3,(H,33,34)(H,35,36)/t18-,19+,20+,23-,24-,25+/m0/s1. The molecule has 41 heavy (non-hydrogen) atoms. The predicted molar refractivity (Wildman–Crippen MR) is 142 cm³/mol. The lowest BCUT2D eigenvalue weighted by Gasteiger charge is -2.44. The summed E-state index contributed by atoms with van der Waals surface area (Å²) in [6.45, 7) is 3.51. The number of phenolic OH excluding ortho intramolecular Hbond substituents is 1. The molecule has 1 saturated carbocycles. The Morgan fingerprint density at radius 3 is 1.83 bits per heavy atom. The van der Waals surface area contributed by atoms with Gasteiger partial charge in [0.1, 0.15) is 5.75 Å². The second kappa shape index (κ2) is 10.8. The van der Waals surface area contributed by atoms with Crippen LogP contribution in [-0.4, -0.2) is 73.8 Å². The van der Waals surface area contributed by atoms with Gasteiger partial charge in [-0.15, -0.1) is 0 Å². The number of amides is 4. The number of imide groups is 2. The molecule has 1 aromatic carbocycles. The lowest BCUT2D eigenvalue weighted by molar-refractivity contribution is -0.143. The number of carboxylic acids is 2. The summed E-state index contributed by atoms with van der Waals surface area (Å²) < 4.78 is 0. The van der Waals surface area contributed by atoms with E-state index in [1.165, 1.54) is 0 Å². The highest BCUT2D eigenvalue weighted by Gasteiger charge is 2.61. The van der Waals surface area contributed by atoms with E-state index in [0.717, 1.165) is 20.9 Å². The molecule has 2 saturated heterocycles. The lowest BCUT2D eigenvalue weighted by Crippen LogP contribution is -2.43. The van der Waals surface area contributed by atoms with E-state index >= 15 is 0 Å². The molecule has 11 nitrogen and oxygen atoms in total. The summed E-state index contributed by atoms with van der Waals surface area (Å²) in [7, 11) is 0. The number of fused-ring (bicyclic) bond motifs is 4. The molecule has 0 radical (unpaired) electrons. The second-order valence-electron chi connectivity index (χ2n) is 11.7. The first kappa shape index (κ1) is 28.5. The van der Waals surface area contributed by atoms with E-state index in [-0.39, 0.29) is 74.6 Å². The first-order valence-corrected chi connectivity index (χ1v) is 14.1. The van der Waals surface area contributed by atoms with Crippen LogP contribution in [0, 0.1) is 43.4 Å². The number of aromatic hydroxyl groups is 1. The Morgan fingerprint density at radius 1 is 0.780 bits per heavy atom. The van der Waals surface area contributed by atoms with E-state index in [4.69, 9.17) is 10.2 Å². The van der Waals surface area contributed by atoms with Crippen LogP contribution >= 0.6 is 0 Å². The van der Waals surface area contributed by atoms with Crippen molar-refractivity contribution in [3.05, 3.63) is 40.5 Å². The van der Waals surface area contributed by atoms with E-state index in [9.17, 15) is 33.9 Å². The molecule has 2 aliphatic heterocycles. The first-order valence-electron chi connectivity index (χ1n) is 14.1. The average molecular weight is 567 g/mol. The summed E-state index contributed by atoms with van der Waals surface area (Å²) in [4.78, 5) is 78.8. The number of allylic oxidation sites excluding steroid dienone is 2. The van der Waals surface area contributed by atoms with Gasteiger partial charge in [-0.2, -0.15) is 0 Å². The molecular weight excluding hydrogens is 532 g/mol. The topological polar surface area (TPSA) is 170 Å². The Kier molecular flexibility index (Phi) is 7.48. The van der Waals surface area contributed by atoms with Crippen molar-refractivity contribution in [2.75, 3.05) is 13.1 Å². The molecule has 3 fully saturated rings. The fourth-order valence-electron chi connectivity index (χ4n) is 7.48. The summed E-state index contributed by atoms with van der Waals surface area (Å²) in [5, 5.41) is 28.5. The monoisotopic (exact) mass is 566 g/mol. The second-order valence-corrected chi connectivity index (χ2v) is 11.7. The molecule has 0 unspecified atom stereocenters. The number of carbonyl (C=O) groups is 6. The van der Waals surface area contributed by atoms with E-state index in [0.29, 0.717) is 17.5 Å². The van der Waals surface area contributed by atoms with E-state index in [2.05, 4.69) is 0 Å². The van der Waals surface area contributed by atoms with Gasteiger partial charge in [0.2, 0.25) is 23.6 Å². The van der Waals surface area contributed by atoms with Gasteiger partial charge in [0, 0.05) is 31.8 Å². The van der Waals surface area contributed by atoms with Crippen LogP contribution in [0.2, 0.25) is 0 Å². The fraction of sp³-hybridized carbons (Fsp3) is 0.533. The molecule has 2 heterocycles. The lowest BCUT2D eigenvalue weighted by atomic mass is 9.57. The fourth-order valence-corrected chi connectivity index (χ4v) is 7.48. The predicted octanol–water partition coefficient (Wildman–Crippen LogP) is 2.37. The summed E-state index contributed by atoms with van der Waals surface area (Å²) in [6, 6.07) is 3.59. The van der Waals surface area contributed by atoms with Gasteiger partial charge in [0.25, 0.3) is 0 Å². The molecule has 1 aromatic rings. The van der Waals surface area contributed by atoms with E-state index in [1.54, 1.807) is 26.0 Å². The van der Waals surface area contributed by atoms with Gasteiger partial charge < -0.3 is 15.3 Å². The summed E-state index contributed by atoms with van der Waals surface area (Å²) >= 11 is 0. The molecule has 0 spiro atoms. The van der Waals surface area contributed by atoms with Gasteiger partial charge in [-0.3, -0.25) is 38.6 Å². The molecular formula is C30H34N2O9. The summed E-state index contributed by atoms with van der Waals surface area (Å²) in [6.07, 6.45) is 2.37. The van der Waals surface area contributed by atoms with Crippen LogP contribution in [-0.2, 0) is 28.8 Å². The largest absolute Gasteiger partial charge is 0.507 e. The number of nitrogens with zero attached hydrogens (tertiary/aromatic N) is 2. The number of carbonyl (C=O) groups excluding carboxylic acids is 4. The van der Waals surface area contributed by atoms with Crippen LogP contribution in [0.3, 0.4) is 0 Å². The molecule has 0 aromatic heterocycles. The molecule has 11 heteroatoms. The third kappa shape index (κ3) is 4.81. The van der Waals surface area contributed by atoms with Gasteiger partial charge in [-0.05, 0) is 62.1 Å². The number of hydrogen-bond donors (Lipinski definition) is 3. The van der Waals surface area contributed by atoms with Crippen LogP contribution < -0.4 is 0 Å². The van der Waals surface area contributed by atoms with Gasteiger partial charge in [0.15, 0.2) is 0 Å². The quantitative estimate of drug-likeness (QED) is 0.300. The molecule has 218 valence electrons. The van der Waals surface area contributed by atoms with Crippen molar-refractivity contribution < 1.29 is 44.1 Å².